The lowest BCUT2D eigenvalue weighted by Crippen LogP contribution is -2.45. The van der Waals surface area contributed by atoms with Gasteiger partial charge in [0.25, 0.3) is 0 Å². The number of ether oxygens (including phenoxy) is 1. The second-order valence-electron chi connectivity index (χ2n) is 8.90. The van der Waals surface area contributed by atoms with E-state index in [1.54, 1.807) is 17.5 Å². The average molecular weight is 470 g/mol. The van der Waals surface area contributed by atoms with Gasteiger partial charge in [-0.15, -0.1) is 0 Å². The minimum absolute atomic E-state index is 0.228. The summed E-state index contributed by atoms with van der Waals surface area (Å²) in [4.78, 5) is 20.3. The Bertz CT molecular complexity index is 1140. The van der Waals surface area contributed by atoms with Crippen LogP contribution in [0.3, 0.4) is 0 Å². The summed E-state index contributed by atoms with van der Waals surface area (Å²) in [5, 5.41) is 1.74. The number of hydrogen-bond acceptors (Lipinski definition) is 7. The van der Waals surface area contributed by atoms with Crippen LogP contribution in [0.2, 0.25) is 5.02 Å². The number of hydrogen-bond donors (Lipinski definition) is 0. The maximum Gasteiger partial charge on any atom is 0.186 e. The first kappa shape index (κ1) is 21.6. The van der Waals surface area contributed by atoms with Gasteiger partial charge in [-0.05, 0) is 44.9 Å². The van der Waals surface area contributed by atoms with Gasteiger partial charge < -0.3 is 14.5 Å². The Morgan fingerprint density at radius 2 is 1.84 bits per heavy atom. The zero-order valence-electron chi connectivity index (χ0n) is 18.9. The molecule has 0 N–H and O–H groups in total. The summed E-state index contributed by atoms with van der Waals surface area (Å²) in [7, 11) is 0. The van der Waals surface area contributed by atoms with E-state index < -0.39 is 0 Å². The van der Waals surface area contributed by atoms with E-state index in [9.17, 15) is 0 Å². The Kier molecular flexibility index (Phi) is 5.82. The quantitative estimate of drug-likeness (QED) is 0.535. The third-order valence-corrected chi connectivity index (χ3v) is 7.49. The molecule has 2 aliphatic rings. The maximum absolute atomic E-state index is 6.53. The molecule has 1 fully saturated rings. The zero-order valence-corrected chi connectivity index (χ0v) is 20.5. The summed E-state index contributed by atoms with van der Waals surface area (Å²) in [5.41, 5.74) is 5.33. The fraction of sp³-hybridized carbons (Fsp3) is 0.458. The molecule has 0 aliphatic carbocycles. The van der Waals surface area contributed by atoms with Crippen molar-refractivity contribution in [2.75, 3.05) is 29.4 Å². The Morgan fingerprint density at radius 3 is 2.59 bits per heavy atom. The van der Waals surface area contributed by atoms with E-state index in [1.165, 1.54) is 10.6 Å². The average Bonchev–Trinajstić information content (AvgIpc) is 3.17. The fourth-order valence-electron chi connectivity index (χ4n) is 4.63. The molecule has 8 heteroatoms. The topological polar surface area (TPSA) is 54.4 Å². The largest absolute Gasteiger partial charge is 0.372 e. The van der Waals surface area contributed by atoms with Crippen molar-refractivity contribution in [1.82, 2.24) is 15.0 Å². The van der Waals surface area contributed by atoms with Crippen LogP contribution in [0, 0.1) is 13.8 Å². The molecule has 0 spiro atoms. The number of aryl methyl sites for hydroxylation is 2. The number of morpholine rings is 1. The van der Waals surface area contributed by atoms with Crippen molar-refractivity contribution in [2.45, 2.75) is 52.9 Å². The molecule has 6 nitrogen and oxygen atoms in total. The van der Waals surface area contributed by atoms with Crippen molar-refractivity contribution in [3.05, 3.63) is 51.2 Å². The van der Waals surface area contributed by atoms with Crippen molar-refractivity contribution in [3.63, 3.8) is 0 Å². The number of anilines is 2. The minimum atomic E-state index is 0.228. The SMILES string of the molecule is Cc1cnc(-c2cc(N3CCc4nc(N5CC(C)OC(C)C5)sc4C3)ncc2Cl)c(C)c1. The second kappa shape index (κ2) is 8.61. The molecule has 0 amide bonds. The van der Waals surface area contributed by atoms with Gasteiger partial charge >= 0.3 is 0 Å². The Morgan fingerprint density at radius 1 is 1.06 bits per heavy atom. The standard InChI is InChI=1S/C24H28ClN5OS/c1-14-7-15(2)23(27-9-14)18-8-22(26-10-19(18)25)29-6-5-20-21(13-29)32-24(28-20)30-11-16(3)31-17(4)12-30/h7-10,16-17H,5-6,11-13H2,1-4H3. The van der Waals surface area contributed by atoms with Gasteiger partial charge in [0.15, 0.2) is 5.13 Å². The number of aromatic nitrogens is 3. The molecular weight excluding hydrogens is 442 g/mol. The monoisotopic (exact) mass is 469 g/mol. The van der Waals surface area contributed by atoms with Gasteiger partial charge in [0.05, 0.1) is 35.2 Å². The summed E-state index contributed by atoms with van der Waals surface area (Å²) in [6, 6.07) is 4.21. The zero-order chi connectivity index (χ0) is 22.4. The van der Waals surface area contributed by atoms with E-state index in [0.29, 0.717) is 5.02 Å². The van der Waals surface area contributed by atoms with Crippen molar-refractivity contribution in [2.24, 2.45) is 0 Å². The molecule has 3 aromatic rings. The number of halogens is 1. The normalized spacial score (nSPS) is 21.0. The van der Waals surface area contributed by atoms with Crippen molar-refractivity contribution in [3.8, 4) is 11.3 Å². The van der Waals surface area contributed by atoms with E-state index in [-0.39, 0.29) is 12.2 Å². The molecule has 3 aromatic heterocycles. The highest BCUT2D eigenvalue weighted by atomic mass is 35.5. The molecule has 0 bridgehead atoms. The van der Waals surface area contributed by atoms with Crippen LogP contribution in [0.5, 0.6) is 0 Å². The minimum Gasteiger partial charge on any atom is -0.372 e. The van der Waals surface area contributed by atoms with Crippen LogP contribution in [0.1, 0.15) is 35.5 Å². The second-order valence-corrected chi connectivity index (χ2v) is 10.4. The molecule has 0 radical (unpaired) electrons. The molecule has 2 aliphatic heterocycles. The van der Waals surface area contributed by atoms with E-state index >= 15 is 0 Å². The van der Waals surface area contributed by atoms with Gasteiger partial charge in [-0.2, -0.15) is 0 Å². The number of nitrogens with zero attached hydrogens (tertiary/aromatic N) is 5. The molecule has 0 saturated carbocycles. The summed E-state index contributed by atoms with van der Waals surface area (Å²) < 4.78 is 5.89. The molecule has 1 saturated heterocycles. The predicted molar refractivity (Wildman–Crippen MR) is 131 cm³/mol. The van der Waals surface area contributed by atoms with E-state index in [0.717, 1.165) is 65.9 Å². The molecule has 168 valence electrons. The van der Waals surface area contributed by atoms with Crippen LogP contribution in [0.25, 0.3) is 11.3 Å². The summed E-state index contributed by atoms with van der Waals surface area (Å²) in [6.45, 7) is 11.9. The first-order valence-corrected chi connectivity index (χ1v) is 12.3. The van der Waals surface area contributed by atoms with Crippen LogP contribution in [-0.2, 0) is 17.7 Å². The highest BCUT2D eigenvalue weighted by Crippen LogP contribution is 2.36. The predicted octanol–water partition coefficient (Wildman–Crippen LogP) is 5.05. The number of fused-ring (bicyclic) bond motifs is 1. The lowest BCUT2D eigenvalue weighted by atomic mass is 10.1. The summed E-state index contributed by atoms with van der Waals surface area (Å²) in [6.07, 6.45) is 5.01. The van der Waals surface area contributed by atoms with Crippen LogP contribution in [0.15, 0.2) is 24.5 Å². The third kappa shape index (κ3) is 4.21. The van der Waals surface area contributed by atoms with Crippen LogP contribution in [-0.4, -0.2) is 46.8 Å². The fourth-order valence-corrected chi connectivity index (χ4v) is 5.96. The van der Waals surface area contributed by atoms with Crippen LogP contribution in [0.4, 0.5) is 10.9 Å². The summed E-state index contributed by atoms with van der Waals surface area (Å²) >= 11 is 8.33. The third-order valence-electron chi connectivity index (χ3n) is 6.05. The molecule has 5 heterocycles. The molecule has 5 rings (SSSR count). The van der Waals surface area contributed by atoms with Gasteiger partial charge in [-0.25, -0.2) is 9.97 Å². The Hall–Kier alpha value is -2.22. The highest BCUT2D eigenvalue weighted by molar-refractivity contribution is 7.15. The van der Waals surface area contributed by atoms with E-state index in [4.69, 9.17) is 21.3 Å². The van der Waals surface area contributed by atoms with Gasteiger partial charge in [0.2, 0.25) is 0 Å². The van der Waals surface area contributed by atoms with Crippen LogP contribution < -0.4 is 9.80 Å². The lowest BCUT2D eigenvalue weighted by Gasteiger charge is -2.35. The van der Waals surface area contributed by atoms with Crippen molar-refractivity contribution in [1.29, 1.82) is 0 Å². The molecule has 0 aromatic carbocycles. The van der Waals surface area contributed by atoms with Gasteiger partial charge in [0.1, 0.15) is 5.82 Å². The Balaban J connectivity index is 1.40. The lowest BCUT2D eigenvalue weighted by molar-refractivity contribution is -0.00523. The number of thiazole rings is 1. The first-order valence-electron chi connectivity index (χ1n) is 11.1. The molecule has 2 atom stereocenters. The van der Waals surface area contributed by atoms with Crippen molar-refractivity contribution >= 4 is 33.9 Å². The number of pyridine rings is 2. The Labute approximate surface area is 198 Å². The first-order chi connectivity index (χ1) is 15.4. The van der Waals surface area contributed by atoms with Gasteiger partial charge in [0, 0.05) is 48.9 Å². The summed E-state index contributed by atoms with van der Waals surface area (Å²) in [5.74, 6) is 0.931. The maximum atomic E-state index is 6.53. The van der Waals surface area contributed by atoms with E-state index in [1.807, 2.05) is 6.20 Å². The molecular formula is C24H28ClN5OS. The molecule has 32 heavy (non-hydrogen) atoms. The van der Waals surface area contributed by atoms with Crippen molar-refractivity contribution < 1.29 is 4.74 Å². The number of rotatable bonds is 3. The highest BCUT2D eigenvalue weighted by Gasteiger charge is 2.28. The molecule has 2 unspecified atom stereocenters. The smallest absolute Gasteiger partial charge is 0.186 e. The van der Waals surface area contributed by atoms with Gasteiger partial charge in [-0.1, -0.05) is 29.0 Å². The van der Waals surface area contributed by atoms with Gasteiger partial charge in [-0.3, -0.25) is 4.98 Å². The van der Waals surface area contributed by atoms with Crippen LogP contribution >= 0.6 is 22.9 Å². The van der Waals surface area contributed by atoms with E-state index in [2.05, 4.69) is 59.6 Å².